The number of carbonyl (C=O) groups excluding carboxylic acids is 2. The lowest BCUT2D eigenvalue weighted by molar-refractivity contribution is -0.140. The molecule has 254 valence electrons. The van der Waals surface area contributed by atoms with Crippen molar-refractivity contribution in [2.75, 3.05) is 17.5 Å². The third-order valence-corrected chi connectivity index (χ3v) is 10.0. The molecular weight excluding hydrogens is 693 g/mol. The van der Waals surface area contributed by atoms with Crippen molar-refractivity contribution in [3.63, 3.8) is 0 Å². The van der Waals surface area contributed by atoms with Gasteiger partial charge in [0.2, 0.25) is 11.8 Å². The Bertz CT molecular complexity index is 1790. The van der Waals surface area contributed by atoms with Gasteiger partial charge in [-0.05, 0) is 93.9 Å². The first-order chi connectivity index (χ1) is 22.7. The van der Waals surface area contributed by atoms with E-state index in [1.54, 1.807) is 42.5 Å². The van der Waals surface area contributed by atoms with Crippen molar-refractivity contribution < 1.29 is 22.7 Å². The standard InChI is InChI=1S/C36H38Cl3N3O5S/c1-5-47-28-18-16-27(17-19-28)42(48(45,46)29-20-14-26(37)15-21-29)24-34(43)41(23-30-31(38)12-9-13-32(30)39)33(35(44)40-36(2,3)4)22-25-10-7-6-8-11-25/h6-21,33H,5,22-24H2,1-4H3,(H,40,44)/t33-/m0/s1. The Hall–Kier alpha value is -3.76. The summed E-state index contributed by atoms with van der Waals surface area (Å²) in [5, 5.41) is 3.95. The van der Waals surface area contributed by atoms with E-state index in [0.717, 1.165) is 9.87 Å². The number of nitrogens with one attached hydrogen (secondary N) is 1. The normalized spacial score (nSPS) is 12.2. The third-order valence-electron chi connectivity index (χ3n) is 7.28. The van der Waals surface area contributed by atoms with E-state index in [-0.39, 0.29) is 23.5 Å². The molecule has 0 aliphatic carbocycles. The summed E-state index contributed by atoms with van der Waals surface area (Å²) < 4.78 is 35.0. The summed E-state index contributed by atoms with van der Waals surface area (Å²) in [4.78, 5) is 30.0. The van der Waals surface area contributed by atoms with Gasteiger partial charge in [-0.25, -0.2) is 8.42 Å². The molecule has 2 amide bonds. The van der Waals surface area contributed by atoms with Crippen molar-refractivity contribution in [1.29, 1.82) is 0 Å². The Labute approximate surface area is 297 Å². The first-order valence-electron chi connectivity index (χ1n) is 15.3. The van der Waals surface area contributed by atoms with Gasteiger partial charge in [0, 0.05) is 39.1 Å². The Morgan fingerprint density at radius 1 is 0.833 bits per heavy atom. The maximum absolute atomic E-state index is 14.7. The fraction of sp³-hybridized carbons (Fsp3) is 0.278. The van der Waals surface area contributed by atoms with E-state index >= 15 is 0 Å². The zero-order chi connectivity index (χ0) is 35.1. The minimum absolute atomic E-state index is 0.0689. The SMILES string of the molecule is CCOc1ccc(N(CC(=O)N(Cc2c(Cl)cccc2Cl)[C@@H](Cc2ccccc2)C(=O)NC(C)(C)C)S(=O)(=O)c2ccc(Cl)cc2)cc1. The average molecular weight is 731 g/mol. The second-order valence-corrected chi connectivity index (χ2v) is 15.2. The van der Waals surface area contributed by atoms with Crippen LogP contribution in [0.25, 0.3) is 0 Å². The molecule has 0 aliphatic rings. The number of hydrogen-bond donors (Lipinski definition) is 1. The van der Waals surface area contributed by atoms with Gasteiger partial charge in [-0.3, -0.25) is 13.9 Å². The van der Waals surface area contributed by atoms with E-state index in [2.05, 4.69) is 5.32 Å². The predicted octanol–water partition coefficient (Wildman–Crippen LogP) is 7.80. The molecule has 8 nitrogen and oxygen atoms in total. The number of carbonyl (C=O) groups is 2. The Kier molecular flexibility index (Phi) is 12.4. The predicted molar refractivity (Wildman–Crippen MR) is 192 cm³/mol. The third kappa shape index (κ3) is 9.66. The zero-order valence-electron chi connectivity index (χ0n) is 27.1. The fourth-order valence-corrected chi connectivity index (χ4v) is 7.06. The van der Waals surface area contributed by atoms with Crippen molar-refractivity contribution in [2.24, 2.45) is 0 Å². The average Bonchev–Trinajstić information content (AvgIpc) is 3.03. The van der Waals surface area contributed by atoms with Crippen LogP contribution >= 0.6 is 34.8 Å². The lowest BCUT2D eigenvalue weighted by Gasteiger charge is -2.35. The molecule has 0 fully saturated rings. The summed E-state index contributed by atoms with van der Waals surface area (Å²) in [6.45, 7) is 6.98. The highest BCUT2D eigenvalue weighted by atomic mass is 35.5. The number of anilines is 1. The fourth-order valence-electron chi connectivity index (χ4n) is 5.00. The van der Waals surface area contributed by atoms with E-state index in [4.69, 9.17) is 39.5 Å². The van der Waals surface area contributed by atoms with Crippen molar-refractivity contribution in [3.05, 3.63) is 123 Å². The minimum Gasteiger partial charge on any atom is -0.494 e. The van der Waals surface area contributed by atoms with Crippen molar-refractivity contribution >= 4 is 62.3 Å². The first kappa shape index (κ1) is 37.1. The number of sulfonamides is 1. The molecule has 0 aliphatic heterocycles. The Balaban J connectivity index is 1.85. The van der Waals surface area contributed by atoms with Gasteiger partial charge >= 0.3 is 0 Å². The molecule has 4 rings (SSSR count). The molecule has 0 unspecified atom stereocenters. The molecular formula is C36H38Cl3N3O5S. The summed E-state index contributed by atoms with van der Waals surface area (Å²) >= 11 is 19.2. The number of hydrogen-bond acceptors (Lipinski definition) is 5. The van der Waals surface area contributed by atoms with Gasteiger partial charge in [-0.15, -0.1) is 0 Å². The van der Waals surface area contributed by atoms with Crippen molar-refractivity contribution in [2.45, 2.75) is 57.1 Å². The van der Waals surface area contributed by atoms with Gasteiger partial charge in [0.15, 0.2) is 0 Å². The number of ether oxygens (including phenoxy) is 1. The lowest BCUT2D eigenvalue weighted by Crippen LogP contribution is -2.56. The highest BCUT2D eigenvalue weighted by Gasteiger charge is 2.36. The molecule has 48 heavy (non-hydrogen) atoms. The van der Waals surface area contributed by atoms with Gasteiger partial charge in [0.05, 0.1) is 17.2 Å². The van der Waals surface area contributed by atoms with Crippen LogP contribution < -0.4 is 14.4 Å². The molecule has 1 atom stereocenters. The maximum atomic E-state index is 14.7. The van der Waals surface area contributed by atoms with Crippen LogP contribution in [-0.4, -0.2) is 49.9 Å². The van der Waals surface area contributed by atoms with E-state index < -0.39 is 40.0 Å². The highest BCUT2D eigenvalue weighted by Crippen LogP contribution is 2.30. The lowest BCUT2D eigenvalue weighted by atomic mass is 10.0. The van der Waals surface area contributed by atoms with Crippen LogP contribution in [0.2, 0.25) is 15.1 Å². The van der Waals surface area contributed by atoms with Crippen molar-refractivity contribution in [1.82, 2.24) is 10.2 Å². The first-order valence-corrected chi connectivity index (χ1v) is 17.9. The van der Waals surface area contributed by atoms with Crippen LogP contribution in [0.5, 0.6) is 5.75 Å². The van der Waals surface area contributed by atoms with Gasteiger partial charge in [-0.1, -0.05) is 71.2 Å². The minimum atomic E-state index is -4.31. The van der Waals surface area contributed by atoms with Crippen LogP contribution in [0, 0.1) is 0 Å². The second-order valence-electron chi connectivity index (χ2n) is 12.1. The van der Waals surface area contributed by atoms with Gasteiger partial charge in [0.25, 0.3) is 10.0 Å². The molecule has 0 saturated carbocycles. The zero-order valence-corrected chi connectivity index (χ0v) is 30.2. The largest absolute Gasteiger partial charge is 0.494 e. The summed E-state index contributed by atoms with van der Waals surface area (Å²) in [5.41, 5.74) is 0.807. The monoisotopic (exact) mass is 729 g/mol. The molecule has 0 radical (unpaired) electrons. The molecule has 12 heteroatoms. The molecule has 0 saturated heterocycles. The molecule has 4 aromatic carbocycles. The summed E-state index contributed by atoms with van der Waals surface area (Å²) in [6.07, 6.45) is 0.142. The van der Waals surface area contributed by atoms with Crippen LogP contribution in [-0.2, 0) is 32.6 Å². The van der Waals surface area contributed by atoms with E-state index in [1.165, 1.54) is 29.2 Å². The van der Waals surface area contributed by atoms with Gasteiger partial charge in [-0.2, -0.15) is 0 Å². The number of rotatable bonds is 13. The molecule has 0 heterocycles. The van der Waals surface area contributed by atoms with Crippen LogP contribution in [0.1, 0.15) is 38.8 Å². The number of nitrogens with zero attached hydrogens (tertiary/aromatic N) is 2. The smallest absolute Gasteiger partial charge is 0.264 e. The van der Waals surface area contributed by atoms with E-state index in [0.29, 0.717) is 33.0 Å². The van der Waals surface area contributed by atoms with E-state index in [9.17, 15) is 18.0 Å². The summed E-state index contributed by atoms with van der Waals surface area (Å²) in [6, 6.07) is 25.2. The summed E-state index contributed by atoms with van der Waals surface area (Å²) in [5.74, 6) is -0.536. The highest BCUT2D eigenvalue weighted by molar-refractivity contribution is 7.92. The molecule has 0 bridgehead atoms. The molecule has 0 aromatic heterocycles. The van der Waals surface area contributed by atoms with Gasteiger partial charge < -0.3 is 15.0 Å². The van der Waals surface area contributed by atoms with E-state index in [1.807, 2.05) is 58.0 Å². The Morgan fingerprint density at radius 2 is 1.44 bits per heavy atom. The van der Waals surface area contributed by atoms with Crippen LogP contribution in [0.15, 0.2) is 102 Å². The van der Waals surface area contributed by atoms with Crippen molar-refractivity contribution in [3.8, 4) is 5.75 Å². The van der Waals surface area contributed by atoms with Gasteiger partial charge in [0.1, 0.15) is 18.3 Å². The Morgan fingerprint density at radius 3 is 2.00 bits per heavy atom. The molecule has 0 spiro atoms. The second kappa shape index (κ2) is 16.1. The number of amides is 2. The topological polar surface area (TPSA) is 96.0 Å². The quantitative estimate of drug-likeness (QED) is 0.152. The van der Waals surface area contributed by atoms with Crippen LogP contribution in [0.3, 0.4) is 0 Å². The summed E-state index contributed by atoms with van der Waals surface area (Å²) in [7, 11) is -4.31. The molecule has 1 N–H and O–H groups in total. The molecule has 4 aromatic rings. The number of benzene rings is 4. The van der Waals surface area contributed by atoms with Crippen LogP contribution in [0.4, 0.5) is 5.69 Å². The number of halogens is 3. The maximum Gasteiger partial charge on any atom is 0.264 e.